The number of aliphatic imine (C=N–C) groups is 1. The fourth-order valence-electron chi connectivity index (χ4n) is 3.03. The van der Waals surface area contributed by atoms with Crippen LogP contribution in [0.3, 0.4) is 0 Å². The first-order valence-electron chi connectivity index (χ1n) is 9.54. The van der Waals surface area contributed by atoms with Gasteiger partial charge in [-0.25, -0.2) is 8.42 Å². The topological polar surface area (TPSA) is 73.8 Å². The van der Waals surface area contributed by atoms with Gasteiger partial charge in [-0.1, -0.05) is 37.3 Å². The lowest BCUT2D eigenvalue weighted by atomic mass is 10.0. The first-order valence-corrected chi connectivity index (χ1v) is 11.4. The lowest BCUT2D eigenvalue weighted by Crippen LogP contribution is -2.48. The summed E-state index contributed by atoms with van der Waals surface area (Å²) in [6.07, 6.45) is 2.12. The van der Waals surface area contributed by atoms with Crippen molar-refractivity contribution in [2.45, 2.75) is 39.3 Å². The number of nitrogens with one attached hydrogen (secondary N) is 2. The summed E-state index contributed by atoms with van der Waals surface area (Å²) in [6, 6.07) is 10.9. The molecule has 2 N–H and O–H groups in total. The molecule has 2 rings (SSSR count). The molecule has 0 saturated carbocycles. The molecule has 26 heavy (non-hydrogen) atoms. The Morgan fingerprint density at radius 1 is 1.19 bits per heavy atom. The van der Waals surface area contributed by atoms with Gasteiger partial charge in [-0.3, -0.25) is 9.89 Å². The predicted octanol–water partition coefficient (Wildman–Crippen LogP) is 1.64. The van der Waals surface area contributed by atoms with Crippen molar-refractivity contribution < 1.29 is 8.42 Å². The Morgan fingerprint density at radius 3 is 2.50 bits per heavy atom. The highest BCUT2D eigenvalue weighted by Crippen LogP contribution is 2.13. The number of hydrogen-bond acceptors (Lipinski definition) is 4. The van der Waals surface area contributed by atoms with Gasteiger partial charge >= 0.3 is 0 Å². The fourth-order valence-corrected chi connectivity index (χ4v) is 3.69. The normalized spacial score (nSPS) is 17.2. The number of likely N-dealkylation sites (tertiary alicyclic amines) is 1. The summed E-state index contributed by atoms with van der Waals surface area (Å²) < 4.78 is 23.2. The minimum absolute atomic E-state index is 0.107. The number of sulfone groups is 1. The number of hydrogen-bond donors (Lipinski definition) is 2. The highest BCUT2D eigenvalue weighted by atomic mass is 32.2. The molecule has 0 amide bonds. The molecule has 6 nitrogen and oxygen atoms in total. The predicted molar refractivity (Wildman–Crippen MR) is 108 cm³/mol. The van der Waals surface area contributed by atoms with Crippen molar-refractivity contribution in [1.29, 1.82) is 0 Å². The third-order valence-corrected chi connectivity index (χ3v) is 6.32. The van der Waals surface area contributed by atoms with Gasteiger partial charge in [0.2, 0.25) is 0 Å². The van der Waals surface area contributed by atoms with Crippen molar-refractivity contribution in [2.75, 3.05) is 37.7 Å². The molecule has 1 aromatic rings. The summed E-state index contributed by atoms with van der Waals surface area (Å²) in [4.78, 5) is 6.91. The van der Waals surface area contributed by atoms with Crippen molar-refractivity contribution in [3.63, 3.8) is 0 Å². The Labute approximate surface area is 158 Å². The maximum absolute atomic E-state index is 11.6. The largest absolute Gasteiger partial charge is 0.357 e. The van der Waals surface area contributed by atoms with Gasteiger partial charge in [-0.2, -0.15) is 0 Å². The summed E-state index contributed by atoms with van der Waals surface area (Å²) in [7, 11) is -2.97. The third-order valence-electron chi connectivity index (χ3n) is 4.63. The van der Waals surface area contributed by atoms with E-state index >= 15 is 0 Å². The van der Waals surface area contributed by atoms with Crippen molar-refractivity contribution in [2.24, 2.45) is 4.99 Å². The minimum atomic E-state index is -2.97. The molecule has 0 aliphatic carbocycles. The molecular formula is C19H32N4O2S. The van der Waals surface area contributed by atoms with Crippen LogP contribution in [0.15, 0.2) is 35.3 Å². The average molecular weight is 381 g/mol. The highest BCUT2D eigenvalue weighted by Gasteiger charge is 2.20. The summed E-state index contributed by atoms with van der Waals surface area (Å²) in [5, 5.41) is 6.68. The smallest absolute Gasteiger partial charge is 0.191 e. The molecule has 0 unspecified atom stereocenters. The van der Waals surface area contributed by atoms with E-state index in [4.69, 9.17) is 0 Å². The zero-order valence-electron chi connectivity index (χ0n) is 15.9. The van der Waals surface area contributed by atoms with Crippen LogP contribution in [0, 0.1) is 0 Å². The van der Waals surface area contributed by atoms with Crippen LogP contribution in [0.2, 0.25) is 0 Å². The van der Waals surface area contributed by atoms with Crippen LogP contribution in [-0.2, 0) is 16.4 Å². The molecule has 1 aliphatic rings. The molecule has 0 spiro atoms. The molecule has 0 atom stereocenters. The molecule has 0 radical (unpaired) electrons. The van der Waals surface area contributed by atoms with Crippen LogP contribution in [0.25, 0.3) is 0 Å². The van der Waals surface area contributed by atoms with Crippen LogP contribution in [-0.4, -0.2) is 63.0 Å². The molecule has 146 valence electrons. The summed E-state index contributed by atoms with van der Waals surface area (Å²) >= 11 is 0. The third kappa shape index (κ3) is 7.33. The maximum atomic E-state index is 11.6. The lowest BCUT2D eigenvalue weighted by molar-refractivity contribution is 0.198. The van der Waals surface area contributed by atoms with E-state index in [1.807, 2.05) is 13.0 Å². The Bertz CT molecular complexity index is 653. The molecule has 1 fully saturated rings. The Balaban J connectivity index is 1.79. The standard InChI is InChI=1S/C19H32N4O2S/c1-3-20-19(21-12-15-26(24,25)4-2)22-18-10-13-23(14-11-18)16-17-8-6-5-7-9-17/h5-9,18H,3-4,10-16H2,1-2H3,(H2,20,21,22). The second-order valence-corrected chi connectivity index (χ2v) is 9.15. The van der Waals surface area contributed by atoms with Gasteiger partial charge in [0.15, 0.2) is 15.8 Å². The van der Waals surface area contributed by atoms with E-state index in [2.05, 4.69) is 44.8 Å². The monoisotopic (exact) mass is 380 g/mol. The Kier molecular flexibility index (Phi) is 8.38. The van der Waals surface area contributed by atoms with Gasteiger partial charge in [-0.05, 0) is 25.3 Å². The van der Waals surface area contributed by atoms with Gasteiger partial charge in [-0.15, -0.1) is 0 Å². The number of benzene rings is 1. The van der Waals surface area contributed by atoms with Crippen molar-refractivity contribution in [3.8, 4) is 0 Å². The fraction of sp³-hybridized carbons (Fsp3) is 0.632. The van der Waals surface area contributed by atoms with Crippen LogP contribution >= 0.6 is 0 Å². The van der Waals surface area contributed by atoms with Gasteiger partial charge in [0.05, 0.1) is 12.3 Å². The highest BCUT2D eigenvalue weighted by molar-refractivity contribution is 7.91. The van der Waals surface area contributed by atoms with Gasteiger partial charge < -0.3 is 10.6 Å². The molecule has 0 bridgehead atoms. The second kappa shape index (κ2) is 10.5. The zero-order valence-corrected chi connectivity index (χ0v) is 16.8. The summed E-state index contributed by atoms with van der Waals surface area (Å²) in [6.45, 7) is 7.86. The minimum Gasteiger partial charge on any atom is -0.357 e. The van der Waals surface area contributed by atoms with Gasteiger partial charge in [0, 0.05) is 38.0 Å². The SMILES string of the molecule is CCNC(=NCCS(=O)(=O)CC)NC1CCN(Cc2ccccc2)CC1. The van der Waals surface area contributed by atoms with E-state index in [-0.39, 0.29) is 11.5 Å². The second-order valence-electron chi connectivity index (χ2n) is 6.68. The molecule has 1 saturated heterocycles. The zero-order chi connectivity index (χ0) is 18.8. The molecule has 7 heteroatoms. The number of nitrogens with zero attached hydrogens (tertiary/aromatic N) is 2. The van der Waals surface area contributed by atoms with E-state index in [1.165, 1.54) is 5.56 Å². The summed E-state index contributed by atoms with van der Waals surface area (Å²) in [5.74, 6) is 1.00. The lowest BCUT2D eigenvalue weighted by Gasteiger charge is -2.33. The summed E-state index contributed by atoms with van der Waals surface area (Å²) in [5.41, 5.74) is 1.35. The van der Waals surface area contributed by atoms with E-state index in [9.17, 15) is 8.42 Å². The van der Waals surface area contributed by atoms with E-state index < -0.39 is 9.84 Å². The van der Waals surface area contributed by atoms with Crippen LogP contribution in [0.1, 0.15) is 32.3 Å². The Hall–Kier alpha value is -1.60. The molecule has 0 aromatic heterocycles. The van der Waals surface area contributed by atoms with E-state index in [1.54, 1.807) is 6.92 Å². The first kappa shape index (κ1) is 20.7. The van der Waals surface area contributed by atoms with Gasteiger partial charge in [0.1, 0.15) is 0 Å². The van der Waals surface area contributed by atoms with E-state index in [0.29, 0.717) is 12.6 Å². The number of guanidine groups is 1. The molecule has 1 heterocycles. The molecular weight excluding hydrogens is 348 g/mol. The van der Waals surface area contributed by atoms with Crippen LogP contribution in [0.4, 0.5) is 0 Å². The van der Waals surface area contributed by atoms with Crippen LogP contribution < -0.4 is 10.6 Å². The Morgan fingerprint density at radius 2 is 1.88 bits per heavy atom. The molecule has 1 aliphatic heterocycles. The number of piperidine rings is 1. The maximum Gasteiger partial charge on any atom is 0.191 e. The van der Waals surface area contributed by atoms with Crippen molar-refractivity contribution in [3.05, 3.63) is 35.9 Å². The first-order chi connectivity index (χ1) is 12.5. The van der Waals surface area contributed by atoms with Gasteiger partial charge in [0.25, 0.3) is 0 Å². The van der Waals surface area contributed by atoms with Crippen molar-refractivity contribution >= 4 is 15.8 Å². The number of rotatable bonds is 8. The molecule has 1 aromatic carbocycles. The van der Waals surface area contributed by atoms with Crippen molar-refractivity contribution in [1.82, 2.24) is 15.5 Å². The quantitative estimate of drug-likeness (QED) is 0.530. The van der Waals surface area contributed by atoms with Crippen LogP contribution in [0.5, 0.6) is 0 Å². The van der Waals surface area contributed by atoms with E-state index in [0.717, 1.165) is 45.0 Å². The average Bonchev–Trinajstić information content (AvgIpc) is 2.64.